The van der Waals surface area contributed by atoms with Crippen molar-refractivity contribution >= 4 is 33.5 Å². The van der Waals surface area contributed by atoms with Crippen LogP contribution in [0.3, 0.4) is 0 Å². The number of fused-ring (bicyclic) bond motifs is 6. The average molecular weight is 835 g/mol. The van der Waals surface area contributed by atoms with Gasteiger partial charge in [0.25, 0.3) is 0 Å². The molecule has 2 heterocycles. The van der Waals surface area contributed by atoms with E-state index in [9.17, 15) is 0 Å². The van der Waals surface area contributed by atoms with Gasteiger partial charge in [-0.1, -0.05) is 202 Å². The quantitative estimate of drug-likeness (QED) is 0.157. The van der Waals surface area contributed by atoms with Crippen molar-refractivity contribution in [3.8, 4) is 50.2 Å². The van der Waals surface area contributed by atoms with Gasteiger partial charge >= 0.3 is 0 Å². The van der Waals surface area contributed by atoms with Crippen molar-refractivity contribution in [2.75, 3.05) is 7.05 Å². The van der Waals surface area contributed by atoms with Crippen molar-refractivity contribution in [3.63, 3.8) is 0 Å². The van der Waals surface area contributed by atoms with Gasteiger partial charge in [-0.2, -0.15) is 0 Å². The first kappa shape index (κ1) is 38.6. The molecule has 310 valence electrons. The molecule has 1 unspecified atom stereocenters. The zero-order valence-corrected chi connectivity index (χ0v) is 36.7. The molecule has 0 saturated heterocycles. The fraction of sp³-hybridized carbons (Fsp3) is 0.0820. The van der Waals surface area contributed by atoms with Gasteiger partial charge < -0.3 is 9.47 Å². The molecule has 4 nitrogen and oxygen atoms in total. The zero-order chi connectivity index (χ0) is 43.6. The largest absolute Gasteiger partial charge is 0.333 e. The van der Waals surface area contributed by atoms with Crippen molar-refractivity contribution < 1.29 is 0 Å². The second-order valence-electron chi connectivity index (χ2n) is 17.8. The number of hydrogen-bond donors (Lipinski definition) is 0. The molecule has 0 radical (unpaired) electrons. The summed E-state index contributed by atoms with van der Waals surface area (Å²) in [6, 6.07) is 79.0. The van der Waals surface area contributed by atoms with Crippen LogP contribution in [0.25, 0.3) is 72.0 Å². The van der Waals surface area contributed by atoms with Crippen LogP contribution in [0, 0.1) is 0 Å². The molecule has 0 spiro atoms. The van der Waals surface area contributed by atoms with Gasteiger partial charge in [-0.3, -0.25) is 0 Å². The summed E-state index contributed by atoms with van der Waals surface area (Å²) in [5.74, 6) is 1.60. The Kier molecular flexibility index (Phi) is 9.09. The minimum Gasteiger partial charge on any atom is -0.333 e. The molecule has 0 bridgehead atoms. The van der Waals surface area contributed by atoms with E-state index in [2.05, 4.69) is 243 Å². The Morgan fingerprint density at radius 1 is 0.415 bits per heavy atom. The first-order valence-electron chi connectivity index (χ1n) is 22.5. The molecular weight excluding hydrogens is 789 g/mol. The maximum atomic E-state index is 5.41. The van der Waals surface area contributed by atoms with Crippen molar-refractivity contribution in [3.05, 3.63) is 246 Å². The van der Waals surface area contributed by atoms with Crippen LogP contribution in [0.1, 0.15) is 47.8 Å². The number of aliphatic imine (C=N–C) groups is 2. The Balaban J connectivity index is 0.964. The molecule has 2 aliphatic rings. The summed E-state index contributed by atoms with van der Waals surface area (Å²) in [5, 5.41) is 2.44. The lowest BCUT2D eigenvalue weighted by molar-refractivity contribution is 0.383. The molecule has 0 saturated carbocycles. The summed E-state index contributed by atoms with van der Waals surface area (Å²) in [5.41, 5.74) is 19.1. The smallest absolute Gasteiger partial charge is 0.159 e. The molecule has 0 fully saturated rings. The Bertz CT molecular complexity index is 3520. The number of aromatic nitrogens is 1. The van der Waals surface area contributed by atoms with Gasteiger partial charge in [0.1, 0.15) is 5.84 Å². The van der Waals surface area contributed by atoms with Crippen molar-refractivity contribution in [2.45, 2.75) is 25.4 Å². The van der Waals surface area contributed by atoms with Crippen LogP contribution in [-0.4, -0.2) is 28.2 Å². The highest BCUT2D eigenvalue weighted by Crippen LogP contribution is 2.50. The SMILES string of the molecule is CN1C(c2ccccc2)=NC(c2ccc(-c3ccccc3)cc2)=NC1c1cccc(-n2c3ccccc3c3ccc(-c4ccccc4-c4ccc5c(c4)C(C)(C)c4ccccc4-5)cc32)c1. The van der Waals surface area contributed by atoms with E-state index < -0.39 is 0 Å². The maximum Gasteiger partial charge on any atom is 0.159 e. The van der Waals surface area contributed by atoms with Crippen LogP contribution in [-0.2, 0) is 5.41 Å². The minimum absolute atomic E-state index is 0.0748. The Morgan fingerprint density at radius 2 is 0.985 bits per heavy atom. The van der Waals surface area contributed by atoms with E-state index in [-0.39, 0.29) is 11.6 Å². The third kappa shape index (κ3) is 6.44. The second kappa shape index (κ2) is 15.3. The number of nitrogens with zero attached hydrogens (tertiary/aromatic N) is 4. The Labute approximate surface area is 380 Å². The molecule has 1 aliphatic heterocycles. The highest BCUT2D eigenvalue weighted by molar-refractivity contribution is 6.13. The third-order valence-corrected chi connectivity index (χ3v) is 13.7. The van der Waals surface area contributed by atoms with E-state index in [1.54, 1.807) is 0 Å². The van der Waals surface area contributed by atoms with Gasteiger partial charge in [0, 0.05) is 40.0 Å². The number of benzene rings is 9. The molecule has 1 aliphatic carbocycles. The summed E-state index contributed by atoms with van der Waals surface area (Å²) >= 11 is 0. The topological polar surface area (TPSA) is 32.9 Å². The Morgan fingerprint density at radius 3 is 1.75 bits per heavy atom. The predicted molar refractivity (Wildman–Crippen MR) is 271 cm³/mol. The van der Waals surface area contributed by atoms with Crippen LogP contribution in [0.15, 0.2) is 228 Å². The van der Waals surface area contributed by atoms with E-state index in [1.807, 2.05) is 6.07 Å². The standard InChI is InChI=1S/C61H46N4/c1-61(2)54-27-14-12-25-50(54)51-35-33-44(38-55(51)61)48-23-10-11-24-49(48)45-34-36-53-52-26-13-15-28-56(52)65(57(53)39-45)47-22-16-21-46(37-47)60-63-58(62-59(64(60)3)43-19-8-5-9-20-43)42-31-29-41(30-32-42)40-17-6-4-7-18-40/h4-39,60H,1-3H3. The minimum atomic E-state index is -0.313. The summed E-state index contributed by atoms with van der Waals surface area (Å²) in [7, 11) is 2.10. The first-order valence-corrected chi connectivity index (χ1v) is 22.5. The van der Waals surface area contributed by atoms with Crippen LogP contribution in [0.5, 0.6) is 0 Å². The van der Waals surface area contributed by atoms with Crippen LogP contribution in [0.2, 0.25) is 0 Å². The predicted octanol–water partition coefficient (Wildman–Crippen LogP) is 14.9. The normalized spacial score (nSPS) is 15.1. The fourth-order valence-electron chi connectivity index (χ4n) is 10.4. The molecule has 12 rings (SSSR count). The van der Waals surface area contributed by atoms with Crippen molar-refractivity contribution in [1.29, 1.82) is 0 Å². The highest BCUT2D eigenvalue weighted by Gasteiger charge is 2.35. The molecule has 0 N–H and O–H groups in total. The second-order valence-corrected chi connectivity index (χ2v) is 17.8. The van der Waals surface area contributed by atoms with Gasteiger partial charge in [0.2, 0.25) is 0 Å². The zero-order valence-electron chi connectivity index (χ0n) is 36.7. The number of hydrogen-bond acceptors (Lipinski definition) is 3. The molecular formula is C61H46N4. The molecule has 0 amide bonds. The first-order chi connectivity index (χ1) is 31.9. The number of para-hydroxylation sites is 1. The maximum absolute atomic E-state index is 5.41. The lowest BCUT2D eigenvalue weighted by Gasteiger charge is -2.32. The van der Waals surface area contributed by atoms with Crippen LogP contribution < -0.4 is 0 Å². The summed E-state index contributed by atoms with van der Waals surface area (Å²) in [6.45, 7) is 4.71. The van der Waals surface area contributed by atoms with Gasteiger partial charge in [0.15, 0.2) is 12.0 Å². The monoisotopic (exact) mass is 834 g/mol. The van der Waals surface area contributed by atoms with Gasteiger partial charge in [-0.25, -0.2) is 9.98 Å². The third-order valence-electron chi connectivity index (χ3n) is 13.7. The summed E-state index contributed by atoms with van der Waals surface area (Å²) in [6.07, 6.45) is -0.313. The van der Waals surface area contributed by atoms with Gasteiger partial charge in [-0.05, 0) is 91.5 Å². The molecule has 4 heteroatoms. The van der Waals surface area contributed by atoms with Crippen LogP contribution >= 0.6 is 0 Å². The summed E-state index contributed by atoms with van der Waals surface area (Å²) < 4.78 is 2.43. The Hall–Kier alpha value is -8.08. The fourth-order valence-corrected chi connectivity index (χ4v) is 10.4. The molecule has 10 aromatic rings. The van der Waals surface area contributed by atoms with Gasteiger partial charge in [0.05, 0.1) is 11.0 Å². The molecule has 1 atom stereocenters. The number of rotatable bonds is 7. The summed E-state index contributed by atoms with van der Waals surface area (Å²) in [4.78, 5) is 12.8. The van der Waals surface area contributed by atoms with E-state index in [0.29, 0.717) is 5.84 Å². The van der Waals surface area contributed by atoms with E-state index >= 15 is 0 Å². The lowest BCUT2D eigenvalue weighted by atomic mass is 9.81. The van der Waals surface area contributed by atoms with Gasteiger partial charge in [-0.15, -0.1) is 0 Å². The van der Waals surface area contributed by atoms with Crippen molar-refractivity contribution in [2.24, 2.45) is 9.98 Å². The molecule has 9 aromatic carbocycles. The lowest BCUT2D eigenvalue weighted by Crippen LogP contribution is -2.35. The van der Waals surface area contributed by atoms with Crippen LogP contribution in [0.4, 0.5) is 0 Å². The van der Waals surface area contributed by atoms with E-state index in [4.69, 9.17) is 9.98 Å². The average Bonchev–Trinajstić information content (AvgIpc) is 3.82. The van der Waals surface area contributed by atoms with E-state index in [1.165, 1.54) is 60.8 Å². The number of amidine groups is 2. The van der Waals surface area contributed by atoms with E-state index in [0.717, 1.165) is 44.8 Å². The highest BCUT2D eigenvalue weighted by atomic mass is 15.3. The van der Waals surface area contributed by atoms with Crippen molar-refractivity contribution in [1.82, 2.24) is 9.47 Å². The molecule has 65 heavy (non-hydrogen) atoms. The molecule has 1 aromatic heterocycles.